The van der Waals surface area contributed by atoms with E-state index in [1.807, 2.05) is 32.6 Å². The Hall–Kier alpha value is -4.77. The van der Waals surface area contributed by atoms with Gasteiger partial charge in [-0.25, -0.2) is 9.37 Å². The lowest BCUT2D eigenvalue weighted by molar-refractivity contribution is -0.128. The fourth-order valence-corrected chi connectivity index (χ4v) is 6.50. The summed E-state index contributed by atoms with van der Waals surface area (Å²) in [6.07, 6.45) is 2.86. The van der Waals surface area contributed by atoms with Gasteiger partial charge in [-0.15, -0.1) is 0 Å². The van der Waals surface area contributed by atoms with E-state index < -0.39 is 23.3 Å². The fraction of sp³-hybridized carbons (Fsp3) is 0.281. The Morgan fingerprint density at radius 3 is 2.66 bits per heavy atom. The van der Waals surface area contributed by atoms with Crippen molar-refractivity contribution in [1.82, 2.24) is 19.4 Å². The zero-order valence-electron chi connectivity index (χ0n) is 24.6. The highest BCUT2D eigenvalue weighted by molar-refractivity contribution is 6.34. The van der Waals surface area contributed by atoms with Crippen molar-refractivity contribution >= 4 is 45.8 Å². The number of hydrogen-bond donors (Lipinski definition) is 2. The number of rotatable bonds is 4. The smallest absolute Gasteiger partial charge is 0.282 e. The van der Waals surface area contributed by atoms with Crippen LogP contribution in [0.2, 0.25) is 5.02 Å². The molecule has 2 atom stereocenters. The van der Waals surface area contributed by atoms with Crippen LogP contribution in [0.25, 0.3) is 28.0 Å². The fourth-order valence-electron chi connectivity index (χ4n) is 6.25. The van der Waals surface area contributed by atoms with Gasteiger partial charge < -0.3 is 20.2 Å². The molecule has 2 unspecified atom stereocenters. The molecule has 0 spiro atoms. The van der Waals surface area contributed by atoms with Crippen LogP contribution in [-0.4, -0.2) is 61.5 Å². The molecule has 1 fully saturated rings. The number of phenols is 1. The molecule has 0 radical (unpaired) electrons. The molecule has 2 N–H and O–H groups in total. The van der Waals surface area contributed by atoms with E-state index in [-0.39, 0.29) is 64.3 Å². The van der Waals surface area contributed by atoms with E-state index in [1.54, 1.807) is 23.2 Å². The largest absolute Gasteiger partial charge is 0.507 e. The highest BCUT2D eigenvalue weighted by Gasteiger charge is 2.44. The summed E-state index contributed by atoms with van der Waals surface area (Å²) >= 11 is 6.79. The van der Waals surface area contributed by atoms with Gasteiger partial charge in [-0.2, -0.15) is 0 Å². The van der Waals surface area contributed by atoms with Gasteiger partial charge in [0.25, 0.3) is 5.56 Å². The second-order valence-corrected chi connectivity index (χ2v) is 11.8. The Morgan fingerprint density at radius 2 is 1.98 bits per heavy atom. The quantitative estimate of drug-likeness (QED) is 0.312. The number of aromatic hydroxyl groups is 1. The number of nitrogens with zero attached hydrogens (tertiary/aromatic N) is 5. The Morgan fingerprint density at radius 1 is 1.23 bits per heavy atom. The van der Waals surface area contributed by atoms with Crippen molar-refractivity contribution in [1.29, 1.82) is 0 Å². The van der Waals surface area contributed by atoms with Crippen LogP contribution >= 0.6 is 11.6 Å². The lowest BCUT2D eigenvalue weighted by Gasteiger charge is -2.48. The van der Waals surface area contributed by atoms with Gasteiger partial charge in [0.05, 0.1) is 39.9 Å². The number of piperazine rings is 1. The second kappa shape index (κ2) is 10.7. The predicted molar refractivity (Wildman–Crippen MR) is 167 cm³/mol. The van der Waals surface area contributed by atoms with Crippen LogP contribution in [0.5, 0.6) is 5.75 Å². The van der Waals surface area contributed by atoms with Crippen LogP contribution in [-0.2, 0) is 9.59 Å². The third-order valence-electron chi connectivity index (χ3n) is 8.21. The van der Waals surface area contributed by atoms with Gasteiger partial charge >= 0.3 is 0 Å². The summed E-state index contributed by atoms with van der Waals surface area (Å²) in [4.78, 5) is 53.4. The van der Waals surface area contributed by atoms with Crippen LogP contribution in [0.1, 0.15) is 37.9 Å². The Labute approximate surface area is 257 Å². The summed E-state index contributed by atoms with van der Waals surface area (Å²) in [5, 5.41) is 13.9. The summed E-state index contributed by atoms with van der Waals surface area (Å²) in [7, 11) is 0. The average molecular weight is 617 g/mol. The van der Waals surface area contributed by atoms with Crippen LogP contribution in [0.15, 0.2) is 54.0 Å². The summed E-state index contributed by atoms with van der Waals surface area (Å²) in [5.74, 6) is -1.94. The molecule has 5 heterocycles. The monoisotopic (exact) mass is 616 g/mol. The minimum absolute atomic E-state index is 0.0267. The first-order chi connectivity index (χ1) is 20.9. The van der Waals surface area contributed by atoms with Gasteiger partial charge in [0.15, 0.2) is 5.65 Å². The molecule has 1 saturated heterocycles. The lowest BCUT2D eigenvalue weighted by atomic mass is 9.98. The van der Waals surface area contributed by atoms with Gasteiger partial charge in [0, 0.05) is 24.2 Å². The number of benzene rings is 1. The number of hydrogen-bond acceptors (Lipinski definition) is 7. The number of carbonyl (C=O) groups excluding carboxylic acids is 2. The van der Waals surface area contributed by atoms with Crippen molar-refractivity contribution in [3.63, 3.8) is 0 Å². The standard InChI is InChI=1S/C32H30ClFN6O4/c1-6-23(42)38-13-17(5)39-21(14-38)31(43)37-27-29(39)18-12-19(33)26(24-20(34)8-7-9-22(24)41)36-30(18)40(32(27)44)28-16(4)10-11-35-25(28)15(2)3/h6-12,15,17,21,41H,1,13-14H2,2-5H3,(H,37,43). The number of carbonyl (C=O) groups is 2. The first-order valence-corrected chi connectivity index (χ1v) is 14.6. The summed E-state index contributed by atoms with van der Waals surface area (Å²) in [5.41, 5.74) is 1.56. The molecule has 0 bridgehead atoms. The van der Waals surface area contributed by atoms with Crippen LogP contribution in [0.3, 0.4) is 0 Å². The highest BCUT2D eigenvalue weighted by Crippen LogP contribution is 2.44. The van der Waals surface area contributed by atoms with Crippen molar-refractivity contribution in [2.75, 3.05) is 23.3 Å². The van der Waals surface area contributed by atoms with E-state index in [9.17, 15) is 19.5 Å². The summed E-state index contributed by atoms with van der Waals surface area (Å²) in [6, 6.07) is 6.02. The van der Waals surface area contributed by atoms with E-state index in [0.717, 1.165) is 5.56 Å². The number of anilines is 2. The van der Waals surface area contributed by atoms with Gasteiger partial charge in [-0.3, -0.25) is 23.9 Å². The number of phenolic OH excluding ortho intramolecular Hbond substituents is 1. The molecule has 2 amide bonds. The average Bonchev–Trinajstić information content (AvgIpc) is 2.98. The SMILES string of the molecule is C=CC(=O)N1CC(C)N2c3c(c(=O)n(-c4c(C)ccnc4C(C)C)c4nc(-c5c(O)cccc5F)c(Cl)cc34)NC(=O)C2C1. The molecule has 2 aliphatic rings. The minimum atomic E-state index is -0.811. The number of aryl methyl sites for hydroxylation is 1. The molecule has 6 rings (SSSR count). The maximum absolute atomic E-state index is 15.1. The van der Waals surface area contributed by atoms with E-state index in [1.165, 1.54) is 28.8 Å². The number of nitrogens with one attached hydrogen (secondary N) is 1. The number of pyridine rings is 3. The number of aromatic nitrogens is 3. The van der Waals surface area contributed by atoms with E-state index >= 15 is 4.39 Å². The molecule has 1 aromatic carbocycles. The molecule has 12 heteroatoms. The number of halogens is 2. The normalized spacial score (nSPS) is 17.8. The van der Waals surface area contributed by atoms with E-state index in [4.69, 9.17) is 16.6 Å². The predicted octanol–water partition coefficient (Wildman–Crippen LogP) is 4.92. The minimum Gasteiger partial charge on any atom is -0.507 e. The number of amides is 2. The van der Waals surface area contributed by atoms with Crippen molar-refractivity contribution in [3.8, 4) is 22.7 Å². The molecule has 226 valence electrons. The first kappa shape index (κ1) is 29.3. The first-order valence-electron chi connectivity index (χ1n) is 14.2. The highest BCUT2D eigenvalue weighted by atomic mass is 35.5. The third-order valence-corrected chi connectivity index (χ3v) is 8.50. The van der Waals surface area contributed by atoms with Gasteiger partial charge in [-0.1, -0.05) is 38.1 Å². The maximum Gasteiger partial charge on any atom is 0.282 e. The molecular formula is C32H30ClFN6O4. The van der Waals surface area contributed by atoms with Crippen molar-refractivity contribution < 1.29 is 19.1 Å². The molecule has 0 saturated carbocycles. The molecule has 4 aromatic rings. The van der Waals surface area contributed by atoms with E-state index in [2.05, 4.69) is 16.9 Å². The zero-order chi connectivity index (χ0) is 31.6. The molecule has 10 nitrogen and oxygen atoms in total. The Kier molecular flexibility index (Phi) is 7.16. The second-order valence-electron chi connectivity index (χ2n) is 11.4. The lowest BCUT2D eigenvalue weighted by Crippen LogP contribution is -2.65. The topological polar surface area (TPSA) is 121 Å². The zero-order valence-corrected chi connectivity index (χ0v) is 25.3. The van der Waals surface area contributed by atoms with Gasteiger partial charge in [0.2, 0.25) is 11.8 Å². The Balaban J connectivity index is 1.74. The molecule has 3 aromatic heterocycles. The summed E-state index contributed by atoms with van der Waals surface area (Å²) < 4.78 is 16.5. The van der Waals surface area contributed by atoms with E-state index in [0.29, 0.717) is 22.5 Å². The Bertz CT molecular complexity index is 1940. The molecule has 0 aliphatic carbocycles. The molecule has 2 aliphatic heterocycles. The number of fused-ring (bicyclic) bond motifs is 5. The maximum atomic E-state index is 15.1. The summed E-state index contributed by atoms with van der Waals surface area (Å²) in [6.45, 7) is 11.5. The van der Waals surface area contributed by atoms with Gasteiger partial charge in [0.1, 0.15) is 23.3 Å². The third kappa shape index (κ3) is 4.41. The van der Waals surface area contributed by atoms with Crippen molar-refractivity contribution in [3.05, 3.63) is 81.6 Å². The van der Waals surface area contributed by atoms with Gasteiger partial charge in [-0.05, 0) is 55.7 Å². The molecular weight excluding hydrogens is 587 g/mol. The van der Waals surface area contributed by atoms with Crippen LogP contribution in [0.4, 0.5) is 15.8 Å². The van der Waals surface area contributed by atoms with Crippen LogP contribution in [0, 0.1) is 12.7 Å². The molecule has 44 heavy (non-hydrogen) atoms. The van der Waals surface area contributed by atoms with Crippen molar-refractivity contribution in [2.24, 2.45) is 0 Å². The van der Waals surface area contributed by atoms with Crippen molar-refractivity contribution in [2.45, 2.75) is 45.7 Å². The van der Waals surface area contributed by atoms with Crippen LogP contribution < -0.4 is 15.8 Å².